The van der Waals surface area contributed by atoms with Gasteiger partial charge in [-0.15, -0.1) is 11.8 Å². The van der Waals surface area contributed by atoms with Crippen molar-refractivity contribution in [3.63, 3.8) is 0 Å². The summed E-state index contributed by atoms with van der Waals surface area (Å²) in [6.07, 6.45) is 1.64. The molecule has 0 saturated heterocycles. The molecule has 0 unspecified atom stereocenters. The average molecular weight is 456 g/mol. The normalized spacial score (nSPS) is 11.3. The fourth-order valence-corrected chi connectivity index (χ4v) is 4.97. The lowest BCUT2D eigenvalue weighted by molar-refractivity contribution is 0.0984. The number of hydrogen-bond donors (Lipinski definition) is 0. The molecule has 0 atom stereocenters. The Hall–Kier alpha value is -2.84. The smallest absolute Gasteiger partial charge is 0.260 e. The van der Waals surface area contributed by atoms with Crippen molar-refractivity contribution in [1.29, 1.82) is 0 Å². The summed E-state index contributed by atoms with van der Waals surface area (Å²) in [5, 5.41) is 0.661. The van der Waals surface area contributed by atoms with Crippen molar-refractivity contribution in [1.82, 2.24) is 9.97 Å². The van der Waals surface area contributed by atoms with Crippen LogP contribution in [0.3, 0.4) is 0 Å². The number of pyridine rings is 1. The molecule has 4 aromatic rings. The maximum absolute atomic E-state index is 14.2. The Kier molecular flexibility index (Phi) is 6.29. The topological polar surface area (TPSA) is 46.1 Å². The molecule has 8 heteroatoms. The van der Waals surface area contributed by atoms with E-state index < -0.39 is 11.6 Å². The number of aromatic nitrogens is 2. The zero-order chi connectivity index (χ0) is 22.0. The number of thiazole rings is 1. The molecular formula is C23H19F2N3OS2. The summed E-state index contributed by atoms with van der Waals surface area (Å²) in [4.78, 5) is 24.6. The Labute approximate surface area is 187 Å². The number of thioether (sulfide) groups is 1. The quantitative estimate of drug-likeness (QED) is 0.319. The first-order valence-corrected chi connectivity index (χ1v) is 11.3. The highest BCUT2D eigenvalue weighted by molar-refractivity contribution is 7.99. The summed E-state index contributed by atoms with van der Waals surface area (Å²) in [6.45, 7) is 4.33. The van der Waals surface area contributed by atoms with Gasteiger partial charge in [-0.2, -0.15) is 0 Å². The van der Waals surface area contributed by atoms with E-state index in [0.29, 0.717) is 21.2 Å². The van der Waals surface area contributed by atoms with Crippen LogP contribution in [0, 0.1) is 11.6 Å². The van der Waals surface area contributed by atoms with E-state index in [9.17, 15) is 13.6 Å². The molecule has 2 aromatic heterocycles. The van der Waals surface area contributed by atoms with Crippen molar-refractivity contribution in [2.45, 2.75) is 30.5 Å². The molecule has 0 spiro atoms. The van der Waals surface area contributed by atoms with E-state index >= 15 is 0 Å². The molecule has 2 heterocycles. The number of fused-ring (bicyclic) bond motifs is 1. The van der Waals surface area contributed by atoms with E-state index in [1.807, 2.05) is 24.3 Å². The van der Waals surface area contributed by atoms with Gasteiger partial charge in [-0.25, -0.2) is 13.8 Å². The van der Waals surface area contributed by atoms with Gasteiger partial charge >= 0.3 is 0 Å². The van der Waals surface area contributed by atoms with E-state index in [0.717, 1.165) is 22.3 Å². The summed E-state index contributed by atoms with van der Waals surface area (Å²) >= 11 is 2.73. The average Bonchev–Trinajstić information content (AvgIpc) is 3.16. The van der Waals surface area contributed by atoms with Gasteiger partial charge in [0.05, 0.1) is 16.9 Å². The Morgan fingerprint density at radius 1 is 1.13 bits per heavy atom. The number of halogens is 2. The first kappa shape index (κ1) is 21.4. The van der Waals surface area contributed by atoms with Gasteiger partial charge in [0.25, 0.3) is 5.91 Å². The van der Waals surface area contributed by atoms with Crippen LogP contribution in [0.25, 0.3) is 10.2 Å². The molecule has 0 radical (unpaired) electrons. The molecule has 0 aliphatic rings. The van der Waals surface area contributed by atoms with E-state index in [2.05, 4.69) is 23.8 Å². The van der Waals surface area contributed by atoms with Crippen molar-refractivity contribution in [3.8, 4) is 0 Å². The number of nitrogens with zero attached hydrogens (tertiary/aromatic N) is 3. The van der Waals surface area contributed by atoms with E-state index in [4.69, 9.17) is 0 Å². The second kappa shape index (κ2) is 9.11. The first-order valence-electron chi connectivity index (χ1n) is 9.65. The minimum Gasteiger partial charge on any atom is -0.278 e. The van der Waals surface area contributed by atoms with Crippen LogP contribution in [0.1, 0.15) is 29.9 Å². The molecule has 0 N–H and O–H groups in total. The molecule has 4 rings (SSSR count). The van der Waals surface area contributed by atoms with Crippen LogP contribution >= 0.6 is 23.1 Å². The van der Waals surface area contributed by atoms with Crippen LogP contribution in [0.15, 0.2) is 65.7 Å². The molecule has 2 aromatic carbocycles. The molecule has 0 aliphatic carbocycles. The highest BCUT2D eigenvalue weighted by atomic mass is 32.2. The fraction of sp³-hybridized carbons (Fsp3) is 0.174. The number of rotatable bonds is 6. The number of carbonyl (C=O) groups excluding carboxylic acids is 1. The molecule has 0 saturated carbocycles. The largest absolute Gasteiger partial charge is 0.278 e. The standard InChI is InChI=1S/C23H19F2N3OS2/c1-14(2)30-18-8-5-6-15(10-18)22(29)28(13-17-7-3-4-9-26-17)23-27-21-19(25)11-16(24)12-20(21)31-23/h3-12,14H,13H2,1-2H3. The molecule has 31 heavy (non-hydrogen) atoms. The van der Waals surface area contributed by atoms with Gasteiger partial charge < -0.3 is 0 Å². The van der Waals surface area contributed by atoms with Crippen molar-refractivity contribution in [2.75, 3.05) is 4.90 Å². The lowest BCUT2D eigenvalue weighted by atomic mass is 10.2. The summed E-state index contributed by atoms with van der Waals surface area (Å²) in [5.41, 5.74) is 1.20. The maximum atomic E-state index is 14.2. The summed E-state index contributed by atoms with van der Waals surface area (Å²) in [6, 6.07) is 14.8. The molecule has 4 nitrogen and oxygen atoms in total. The Bertz CT molecular complexity index is 1230. The number of amides is 1. The van der Waals surface area contributed by atoms with Crippen LogP contribution in [-0.2, 0) is 6.54 Å². The molecule has 0 aliphatic heterocycles. The fourth-order valence-electron chi connectivity index (χ4n) is 3.07. The van der Waals surface area contributed by atoms with Crippen molar-refractivity contribution in [2.24, 2.45) is 0 Å². The Morgan fingerprint density at radius 3 is 2.71 bits per heavy atom. The molecular weight excluding hydrogens is 436 g/mol. The van der Waals surface area contributed by atoms with Crippen molar-refractivity contribution in [3.05, 3.63) is 83.7 Å². The lowest BCUT2D eigenvalue weighted by Gasteiger charge is -2.20. The predicted octanol–water partition coefficient (Wildman–Crippen LogP) is 6.32. The monoisotopic (exact) mass is 455 g/mol. The molecule has 1 amide bonds. The highest BCUT2D eigenvalue weighted by Crippen LogP contribution is 2.33. The van der Waals surface area contributed by atoms with Crippen LogP contribution in [0.4, 0.5) is 13.9 Å². The van der Waals surface area contributed by atoms with E-state index in [1.54, 1.807) is 36.2 Å². The minimum absolute atomic E-state index is 0.0457. The maximum Gasteiger partial charge on any atom is 0.260 e. The number of benzene rings is 2. The van der Waals surface area contributed by atoms with E-state index in [1.165, 1.54) is 11.0 Å². The van der Waals surface area contributed by atoms with Gasteiger partial charge in [-0.1, -0.05) is 37.3 Å². The van der Waals surface area contributed by atoms with Gasteiger partial charge in [-0.05, 0) is 36.4 Å². The Balaban J connectivity index is 1.76. The van der Waals surface area contributed by atoms with Gasteiger partial charge in [0, 0.05) is 28.0 Å². The summed E-state index contributed by atoms with van der Waals surface area (Å²) in [5.74, 6) is -1.71. The zero-order valence-electron chi connectivity index (χ0n) is 16.9. The SMILES string of the molecule is CC(C)Sc1cccc(C(=O)N(Cc2ccccn2)c2nc3c(F)cc(F)cc3s2)c1. The van der Waals surface area contributed by atoms with Crippen LogP contribution in [0.2, 0.25) is 0 Å². The van der Waals surface area contributed by atoms with Crippen molar-refractivity contribution < 1.29 is 13.6 Å². The highest BCUT2D eigenvalue weighted by Gasteiger charge is 2.24. The van der Waals surface area contributed by atoms with Crippen molar-refractivity contribution >= 4 is 44.4 Å². The number of carbonyl (C=O) groups is 1. The second-order valence-electron chi connectivity index (χ2n) is 7.14. The third-order valence-electron chi connectivity index (χ3n) is 4.38. The van der Waals surface area contributed by atoms with Gasteiger partial charge in [0.2, 0.25) is 0 Å². The Morgan fingerprint density at radius 2 is 1.97 bits per heavy atom. The lowest BCUT2D eigenvalue weighted by Crippen LogP contribution is -2.30. The second-order valence-corrected chi connectivity index (χ2v) is 9.80. The van der Waals surface area contributed by atoms with Crippen LogP contribution in [0.5, 0.6) is 0 Å². The summed E-state index contributed by atoms with van der Waals surface area (Å²) < 4.78 is 28.3. The summed E-state index contributed by atoms with van der Waals surface area (Å²) in [7, 11) is 0. The van der Waals surface area contributed by atoms with Crippen LogP contribution < -0.4 is 4.90 Å². The molecule has 158 valence electrons. The van der Waals surface area contributed by atoms with Crippen LogP contribution in [-0.4, -0.2) is 21.1 Å². The first-order chi connectivity index (χ1) is 14.9. The third-order valence-corrected chi connectivity index (χ3v) is 6.40. The zero-order valence-corrected chi connectivity index (χ0v) is 18.5. The van der Waals surface area contributed by atoms with E-state index in [-0.39, 0.29) is 23.1 Å². The predicted molar refractivity (Wildman–Crippen MR) is 122 cm³/mol. The minimum atomic E-state index is -0.752. The van der Waals surface area contributed by atoms with Gasteiger partial charge in [0.15, 0.2) is 10.9 Å². The third kappa shape index (κ3) is 4.91. The number of hydrogen-bond acceptors (Lipinski definition) is 5. The van der Waals surface area contributed by atoms with Gasteiger partial charge in [0.1, 0.15) is 11.3 Å². The molecule has 0 fully saturated rings. The van der Waals surface area contributed by atoms with Gasteiger partial charge in [-0.3, -0.25) is 14.7 Å². The number of anilines is 1. The molecule has 0 bridgehead atoms.